The number of aryl methyl sites for hydroxylation is 4. The Hall–Kier alpha value is -2.41. The molecule has 3 heterocycles. The number of aromatic nitrogens is 4. The molecule has 1 N–H and O–H groups in total. The largest absolute Gasteiger partial charge is 0.351 e. The van der Waals surface area contributed by atoms with E-state index in [1.807, 2.05) is 18.7 Å². The quantitative estimate of drug-likeness (QED) is 0.685. The molecule has 0 saturated heterocycles. The van der Waals surface area contributed by atoms with Gasteiger partial charge in [0.25, 0.3) is 5.56 Å². The molecule has 0 amide bonds. The van der Waals surface area contributed by atoms with Crippen molar-refractivity contribution in [1.29, 1.82) is 0 Å². The summed E-state index contributed by atoms with van der Waals surface area (Å²) < 4.78 is 3.59. The lowest BCUT2D eigenvalue weighted by Crippen LogP contribution is -2.25. The summed E-state index contributed by atoms with van der Waals surface area (Å²) in [5.74, 6) is 0.605. The van der Waals surface area contributed by atoms with Crippen molar-refractivity contribution in [1.82, 2.24) is 19.3 Å². The Balaban J connectivity index is 1.78. The van der Waals surface area contributed by atoms with Gasteiger partial charge in [-0.2, -0.15) is 5.10 Å². The molecule has 0 bridgehead atoms. The van der Waals surface area contributed by atoms with E-state index in [4.69, 9.17) is 4.98 Å². The molecule has 3 aromatic rings. The van der Waals surface area contributed by atoms with E-state index in [0.29, 0.717) is 19.0 Å². The van der Waals surface area contributed by atoms with Crippen molar-refractivity contribution < 1.29 is 0 Å². The van der Waals surface area contributed by atoms with Crippen LogP contribution in [0.15, 0.2) is 17.4 Å². The molecule has 142 valence electrons. The fourth-order valence-electron chi connectivity index (χ4n) is 3.91. The number of nitrogens with one attached hydrogen (secondary N) is 1. The van der Waals surface area contributed by atoms with E-state index in [9.17, 15) is 4.79 Å². The molecule has 3 aromatic heterocycles. The summed E-state index contributed by atoms with van der Waals surface area (Å²) in [6.07, 6.45) is 6.15. The summed E-state index contributed by atoms with van der Waals surface area (Å²) in [5, 5.41) is 8.66. The second-order valence-electron chi connectivity index (χ2n) is 7.16. The highest BCUT2D eigenvalue weighted by Crippen LogP contribution is 2.34. The zero-order valence-electron chi connectivity index (χ0n) is 16.1. The molecule has 1 aliphatic carbocycles. The smallest absolute Gasteiger partial charge is 0.264 e. The molecule has 0 unspecified atom stereocenters. The first kappa shape index (κ1) is 18.0. The molecule has 6 nitrogen and oxygen atoms in total. The van der Waals surface area contributed by atoms with Crippen LogP contribution in [0.1, 0.15) is 40.2 Å². The Bertz CT molecular complexity index is 1090. The van der Waals surface area contributed by atoms with E-state index in [1.54, 1.807) is 22.0 Å². The minimum Gasteiger partial charge on any atom is -0.351 e. The minimum absolute atomic E-state index is 0.0430. The van der Waals surface area contributed by atoms with Gasteiger partial charge < -0.3 is 5.32 Å². The molecule has 4 rings (SSSR count). The van der Waals surface area contributed by atoms with Crippen LogP contribution in [0.3, 0.4) is 0 Å². The van der Waals surface area contributed by atoms with Gasteiger partial charge in [-0.25, -0.2) is 4.98 Å². The molecule has 1 aliphatic rings. The molecule has 0 aromatic carbocycles. The maximum absolute atomic E-state index is 13.2. The Labute approximate surface area is 162 Å². The predicted molar refractivity (Wildman–Crippen MR) is 111 cm³/mol. The minimum atomic E-state index is 0.0430. The lowest BCUT2D eigenvalue weighted by atomic mass is 9.97. The summed E-state index contributed by atoms with van der Waals surface area (Å²) in [6.45, 7) is 8.91. The molecular formula is C20H25N5OS. The predicted octanol–water partition coefficient (Wildman–Crippen LogP) is 3.49. The van der Waals surface area contributed by atoms with Crippen LogP contribution in [0.5, 0.6) is 0 Å². The molecule has 0 spiro atoms. The van der Waals surface area contributed by atoms with Gasteiger partial charge in [-0.1, -0.05) is 6.08 Å². The molecule has 7 heteroatoms. The fraction of sp³-hybridized carbons (Fsp3) is 0.450. The summed E-state index contributed by atoms with van der Waals surface area (Å²) in [4.78, 5) is 20.3. The third kappa shape index (κ3) is 3.00. The molecule has 0 saturated carbocycles. The molecule has 27 heavy (non-hydrogen) atoms. The highest BCUT2D eigenvalue weighted by molar-refractivity contribution is 7.18. The van der Waals surface area contributed by atoms with Gasteiger partial charge in [-0.15, -0.1) is 17.9 Å². The molecular weight excluding hydrogens is 358 g/mol. The van der Waals surface area contributed by atoms with E-state index in [2.05, 4.69) is 23.9 Å². The number of nitrogens with zero attached hydrogens (tertiary/aromatic N) is 4. The molecule has 0 radical (unpaired) electrons. The van der Waals surface area contributed by atoms with Gasteiger partial charge in [-0.3, -0.25) is 14.0 Å². The van der Waals surface area contributed by atoms with Crippen LogP contribution in [0.2, 0.25) is 0 Å². The first-order valence-electron chi connectivity index (χ1n) is 9.40. The summed E-state index contributed by atoms with van der Waals surface area (Å²) in [5.41, 5.74) is 4.52. The van der Waals surface area contributed by atoms with Crippen molar-refractivity contribution in [2.75, 3.05) is 5.32 Å². The number of hydrogen-bond acceptors (Lipinski definition) is 5. The topological polar surface area (TPSA) is 64.7 Å². The second kappa shape index (κ2) is 6.96. The van der Waals surface area contributed by atoms with Crippen LogP contribution >= 0.6 is 11.3 Å². The van der Waals surface area contributed by atoms with Crippen molar-refractivity contribution in [2.45, 2.75) is 52.6 Å². The maximum Gasteiger partial charge on any atom is 0.264 e. The summed E-state index contributed by atoms with van der Waals surface area (Å²) in [6, 6.07) is 0. The van der Waals surface area contributed by atoms with Crippen LogP contribution in [0.4, 0.5) is 5.95 Å². The molecule has 0 aliphatic heterocycles. The van der Waals surface area contributed by atoms with Gasteiger partial charge in [0.1, 0.15) is 4.83 Å². The van der Waals surface area contributed by atoms with Gasteiger partial charge in [0, 0.05) is 36.3 Å². The Morgan fingerprint density at radius 2 is 2.07 bits per heavy atom. The normalized spacial score (nSPS) is 13.7. The van der Waals surface area contributed by atoms with Crippen LogP contribution in [-0.4, -0.2) is 19.3 Å². The van der Waals surface area contributed by atoms with Crippen molar-refractivity contribution in [2.24, 2.45) is 7.05 Å². The van der Waals surface area contributed by atoms with Crippen molar-refractivity contribution in [3.8, 4) is 0 Å². The number of hydrogen-bond donors (Lipinski definition) is 1. The number of fused-ring (bicyclic) bond motifs is 3. The van der Waals surface area contributed by atoms with Gasteiger partial charge in [-0.05, 0) is 45.1 Å². The number of thiophene rings is 1. The lowest BCUT2D eigenvalue weighted by Gasteiger charge is -2.14. The fourth-order valence-corrected chi connectivity index (χ4v) is 5.16. The highest BCUT2D eigenvalue weighted by atomic mass is 32.1. The first-order valence-corrected chi connectivity index (χ1v) is 10.2. The third-order valence-corrected chi connectivity index (χ3v) is 6.65. The van der Waals surface area contributed by atoms with Gasteiger partial charge in [0.15, 0.2) is 0 Å². The zero-order chi connectivity index (χ0) is 19.1. The lowest BCUT2D eigenvalue weighted by molar-refractivity contribution is 0.698. The number of anilines is 1. The van der Waals surface area contributed by atoms with E-state index in [1.165, 1.54) is 16.9 Å². The van der Waals surface area contributed by atoms with Gasteiger partial charge in [0.2, 0.25) is 5.95 Å². The number of allylic oxidation sites excluding steroid dienone is 1. The summed E-state index contributed by atoms with van der Waals surface area (Å²) in [7, 11) is 1.94. The van der Waals surface area contributed by atoms with E-state index in [-0.39, 0.29) is 5.56 Å². The van der Waals surface area contributed by atoms with Crippen LogP contribution in [0.25, 0.3) is 10.2 Å². The van der Waals surface area contributed by atoms with E-state index >= 15 is 0 Å². The Morgan fingerprint density at radius 1 is 1.30 bits per heavy atom. The van der Waals surface area contributed by atoms with E-state index in [0.717, 1.165) is 46.4 Å². The van der Waals surface area contributed by atoms with Crippen LogP contribution in [0, 0.1) is 13.8 Å². The van der Waals surface area contributed by atoms with Crippen LogP contribution in [-0.2, 0) is 33.0 Å². The third-order valence-electron chi connectivity index (χ3n) is 5.47. The second-order valence-corrected chi connectivity index (χ2v) is 8.24. The summed E-state index contributed by atoms with van der Waals surface area (Å²) >= 11 is 1.68. The molecule has 0 fully saturated rings. The van der Waals surface area contributed by atoms with Crippen molar-refractivity contribution >= 4 is 27.5 Å². The van der Waals surface area contributed by atoms with Crippen LogP contribution < -0.4 is 10.9 Å². The average molecular weight is 384 g/mol. The SMILES string of the molecule is C=CCn1c(NCc2c(C)nn(C)c2C)nc2sc3c(c2c1=O)CCCC3. The maximum atomic E-state index is 13.2. The zero-order valence-corrected chi connectivity index (χ0v) is 16.9. The first-order chi connectivity index (χ1) is 13.0. The number of rotatable bonds is 5. The standard InChI is InChI=1S/C20H25N5OS/c1-5-10-25-19(26)17-14-8-6-7-9-16(14)27-18(17)22-20(25)21-11-15-12(2)23-24(4)13(15)3/h5H,1,6-11H2,2-4H3,(H,21,22). The average Bonchev–Trinajstić information content (AvgIpc) is 3.13. The van der Waals surface area contributed by atoms with Gasteiger partial charge in [0.05, 0.1) is 11.1 Å². The highest BCUT2D eigenvalue weighted by Gasteiger charge is 2.22. The Morgan fingerprint density at radius 3 is 2.78 bits per heavy atom. The monoisotopic (exact) mass is 383 g/mol. The molecule has 0 atom stereocenters. The van der Waals surface area contributed by atoms with Crippen molar-refractivity contribution in [3.05, 3.63) is 50.4 Å². The van der Waals surface area contributed by atoms with E-state index < -0.39 is 0 Å². The van der Waals surface area contributed by atoms with Gasteiger partial charge >= 0.3 is 0 Å². The van der Waals surface area contributed by atoms with Crippen molar-refractivity contribution in [3.63, 3.8) is 0 Å². The Kier molecular flexibility index (Phi) is 4.63.